The molecular formula is C49H30N2O2S. The second kappa shape index (κ2) is 12.3. The number of oxazole rings is 1. The number of nitrogens with zero attached hydrogens (tertiary/aromatic N) is 2. The van der Waals surface area contributed by atoms with Crippen molar-refractivity contribution in [2.45, 2.75) is 0 Å². The molecule has 0 amide bonds. The summed E-state index contributed by atoms with van der Waals surface area (Å²) in [6.45, 7) is 0. The SMILES string of the molecule is c1ccc(-c2cccc(N(c3ccc(-c4ccc5oc6cc7nc(-c8ccccc8)oc7cc6c5c4)cc3)c3ccc4c(c3)sc3ccccc34)c2)cc1. The molecule has 254 valence electrons. The topological polar surface area (TPSA) is 42.4 Å². The molecule has 0 saturated carbocycles. The molecule has 0 bridgehead atoms. The maximum absolute atomic E-state index is 6.32. The fourth-order valence-electron chi connectivity index (χ4n) is 7.64. The standard InChI is InChI=1S/C49H30N2O2S/c1-3-10-31(11-4-1)34-14-9-15-37(26-34)51(38-23-24-40-39-16-7-8-17-47(39)54-48(40)28-38)36-21-18-32(19-22-36)35-20-25-44-41(27-35)42-29-46-43(30-45(42)52-44)50-49(53-46)33-12-5-2-6-13-33/h1-30H. The van der Waals surface area contributed by atoms with E-state index in [1.54, 1.807) is 0 Å². The summed E-state index contributed by atoms with van der Waals surface area (Å²) in [5.74, 6) is 0.605. The summed E-state index contributed by atoms with van der Waals surface area (Å²) in [4.78, 5) is 7.11. The smallest absolute Gasteiger partial charge is 0.227 e. The summed E-state index contributed by atoms with van der Waals surface area (Å²) >= 11 is 1.84. The number of fused-ring (bicyclic) bond motifs is 7. The van der Waals surface area contributed by atoms with Gasteiger partial charge in [0.15, 0.2) is 5.58 Å². The fourth-order valence-corrected chi connectivity index (χ4v) is 8.78. The lowest BCUT2D eigenvalue weighted by atomic mass is 10.0. The first-order valence-electron chi connectivity index (χ1n) is 18.0. The van der Waals surface area contributed by atoms with Gasteiger partial charge in [0.1, 0.15) is 16.7 Å². The van der Waals surface area contributed by atoms with E-state index < -0.39 is 0 Å². The molecule has 0 spiro atoms. The molecule has 0 unspecified atom stereocenters. The van der Waals surface area contributed by atoms with Gasteiger partial charge in [-0.1, -0.05) is 103 Å². The van der Waals surface area contributed by atoms with Crippen LogP contribution in [-0.4, -0.2) is 4.98 Å². The van der Waals surface area contributed by atoms with Crippen molar-refractivity contribution >= 4 is 81.6 Å². The van der Waals surface area contributed by atoms with Crippen LogP contribution in [0.3, 0.4) is 0 Å². The predicted octanol–water partition coefficient (Wildman–Crippen LogP) is 14.6. The van der Waals surface area contributed by atoms with E-state index in [1.807, 2.05) is 47.7 Å². The Bertz CT molecular complexity index is 3160. The van der Waals surface area contributed by atoms with Crippen LogP contribution < -0.4 is 4.90 Å². The quantitative estimate of drug-likeness (QED) is 0.172. The normalized spacial score (nSPS) is 11.7. The van der Waals surface area contributed by atoms with Crippen molar-refractivity contribution < 1.29 is 8.83 Å². The number of furan rings is 1. The number of thiophene rings is 1. The predicted molar refractivity (Wildman–Crippen MR) is 225 cm³/mol. The van der Waals surface area contributed by atoms with Crippen LogP contribution in [0.4, 0.5) is 17.1 Å². The van der Waals surface area contributed by atoms with Gasteiger partial charge in [0.25, 0.3) is 0 Å². The van der Waals surface area contributed by atoms with Gasteiger partial charge < -0.3 is 13.7 Å². The minimum absolute atomic E-state index is 0.605. The molecule has 0 aliphatic rings. The lowest BCUT2D eigenvalue weighted by molar-refractivity contribution is 0.620. The Morgan fingerprint density at radius 1 is 0.370 bits per heavy atom. The Morgan fingerprint density at radius 2 is 1.02 bits per heavy atom. The van der Waals surface area contributed by atoms with Crippen molar-refractivity contribution in [1.82, 2.24) is 4.98 Å². The number of hydrogen-bond acceptors (Lipinski definition) is 5. The van der Waals surface area contributed by atoms with Crippen LogP contribution in [0.1, 0.15) is 0 Å². The zero-order valence-corrected chi connectivity index (χ0v) is 29.8. The Morgan fingerprint density at radius 3 is 1.87 bits per heavy atom. The van der Waals surface area contributed by atoms with Gasteiger partial charge in [0.2, 0.25) is 5.89 Å². The van der Waals surface area contributed by atoms with Gasteiger partial charge in [0.05, 0.1) is 0 Å². The molecule has 0 fully saturated rings. The van der Waals surface area contributed by atoms with E-state index in [-0.39, 0.29) is 0 Å². The summed E-state index contributed by atoms with van der Waals surface area (Å²) in [7, 11) is 0. The van der Waals surface area contributed by atoms with Crippen LogP contribution in [0.25, 0.3) is 86.9 Å². The Hall–Kier alpha value is -6.95. The molecule has 54 heavy (non-hydrogen) atoms. The molecule has 0 aliphatic heterocycles. The molecule has 0 aliphatic carbocycles. The second-order valence-electron chi connectivity index (χ2n) is 13.6. The molecule has 8 aromatic carbocycles. The maximum Gasteiger partial charge on any atom is 0.227 e. The van der Waals surface area contributed by atoms with Gasteiger partial charge in [-0.2, -0.15) is 0 Å². The Labute approximate surface area is 314 Å². The number of anilines is 3. The average Bonchev–Trinajstić information content (AvgIpc) is 3.93. The van der Waals surface area contributed by atoms with Crippen LogP contribution in [0, 0.1) is 0 Å². The van der Waals surface area contributed by atoms with Crippen LogP contribution in [0.2, 0.25) is 0 Å². The van der Waals surface area contributed by atoms with Crippen LogP contribution in [-0.2, 0) is 0 Å². The van der Waals surface area contributed by atoms with E-state index in [0.717, 1.165) is 66.8 Å². The average molecular weight is 711 g/mol. The van der Waals surface area contributed by atoms with Gasteiger partial charge in [0, 0.05) is 59.6 Å². The third kappa shape index (κ3) is 5.17. The third-order valence-electron chi connectivity index (χ3n) is 10.3. The summed E-state index contributed by atoms with van der Waals surface area (Å²) in [5, 5.41) is 4.64. The van der Waals surface area contributed by atoms with E-state index >= 15 is 0 Å². The van der Waals surface area contributed by atoms with E-state index in [4.69, 9.17) is 13.8 Å². The number of rotatable bonds is 6. The van der Waals surface area contributed by atoms with Gasteiger partial charge >= 0.3 is 0 Å². The van der Waals surface area contributed by atoms with E-state index in [0.29, 0.717) is 5.89 Å². The number of benzene rings is 8. The van der Waals surface area contributed by atoms with Crippen molar-refractivity contribution in [2.24, 2.45) is 0 Å². The highest BCUT2D eigenvalue weighted by atomic mass is 32.1. The Balaban J connectivity index is 0.994. The van der Waals surface area contributed by atoms with Gasteiger partial charge in [-0.05, 0) is 95.1 Å². The first-order valence-corrected chi connectivity index (χ1v) is 18.8. The number of aromatic nitrogens is 1. The minimum Gasteiger partial charge on any atom is -0.456 e. The highest BCUT2D eigenvalue weighted by Gasteiger charge is 2.18. The molecule has 11 rings (SSSR count). The second-order valence-corrected chi connectivity index (χ2v) is 14.7. The zero-order valence-electron chi connectivity index (χ0n) is 28.9. The van der Waals surface area contributed by atoms with Crippen molar-refractivity contribution in [3.05, 3.63) is 182 Å². The van der Waals surface area contributed by atoms with Crippen molar-refractivity contribution in [3.8, 4) is 33.7 Å². The van der Waals surface area contributed by atoms with Gasteiger partial charge in [-0.25, -0.2) is 4.98 Å². The molecule has 0 saturated heterocycles. The molecule has 0 N–H and O–H groups in total. The Kier molecular flexibility index (Phi) is 7.00. The largest absolute Gasteiger partial charge is 0.456 e. The zero-order chi connectivity index (χ0) is 35.6. The molecular weight excluding hydrogens is 681 g/mol. The summed E-state index contributed by atoms with van der Waals surface area (Å²) in [6.07, 6.45) is 0. The summed E-state index contributed by atoms with van der Waals surface area (Å²) < 4.78 is 15.1. The molecule has 0 atom stereocenters. The van der Waals surface area contributed by atoms with Crippen LogP contribution in [0.5, 0.6) is 0 Å². The molecule has 4 nitrogen and oxygen atoms in total. The summed E-state index contributed by atoms with van der Waals surface area (Å²) in [6, 6.07) is 64.2. The molecule has 0 radical (unpaired) electrons. The fraction of sp³-hybridized carbons (Fsp3) is 0. The highest BCUT2D eigenvalue weighted by molar-refractivity contribution is 7.25. The van der Waals surface area contributed by atoms with Crippen molar-refractivity contribution in [1.29, 1.82) is 0 Å². The monoisotopic (exact) mass is 710 g/mol. The van der Waals surface area contributed by atoms with E-state index in [2.05, 4.69) is 150 Å². The lowest BCUT2D eigenvalue weighted by Crippen LogP contribution is -2.09. The van der Waals surface area contributed by atoms with Crippen molar-refractivity contribution in [2.75, 3.05) is 4.90 Å². The third-order valence-corrected chi connectivity index (χ3v) is 11.4. The molecule has 5 heteroatoms. The van der Waals surface area contributed by atoms with Crippen LogP contribution in [0.15, 0.2) is 191 Å². The lowest BCUT2D eigenvalue weighted by Gasteiger charge is -2.26. The van der Waals surface area contributed by atoms with Crippen LogP contribution >= 0.6 is 11.3 Å². The first-order chi connectivity index (χ1) is 26.7. The van der Waals surface area contributed by atoms with Gasteiger partial charge in [-0.15, -0.1) is 11.3 Å². The van der Waals surface area contributed by atoms with E-state index in [1.165, 1.54) is 31.3 Å². The molecule has 11 aromatic rings. The number of hydrogen-bond donors (Lipinski definition) is 0. The highest BCUT2D eigenvalue weighted by Crippen LogP contribution is 2.42. The summed E-state index contributed by atoms with van der Waals surface area (Å²) in [5.41, 5.74) is 12.0. The van der Waals surface area contributed by atoms with E-state index in [9.17, 15) is 0 Å². The van der Waals surface area contributed by atoms with Gasteiger partial charge in [-0.3, -0.25) is 0 Å². The minimum atomic E-state index is 0.605. The molecule has 3 aromatic heterocycles. The maximum atomic E-state index is 6.32. The first kappa shape index (κ1) is 30.7. The van der Waals surface area contributed by atoms with Crippen molar-refractivity contribution in [3.63, 3.8) is 0 Å². The molecule has 3 heterocycles.